The number of sulfonamides is 1. The Kier molecular flexibility index (Phi) is 3.47. The number of aryl methyl sites for hydroxylation is 1. The fourth-order valence-electron chi connectivity index (χ4n) is 1.29. The molecule has 0 unspecified atom stereocenters. The van der Waals surface area contributed by atoms with Crippen LogP contribution in [0, 0.1) is 6.92 Å². The van der Waals surface area contributed by atoms with E-state index in [4.69, 9.17) is 4.42 Å². The van der Waals surface area contributed by atoms with E-state index in [1.807, 2.05) is 6.92 Å². The molecule has 1 N–H and O–H groups in total. The average Bonchev–Trinajstić information content (AvgIpc) is 2.82. The summed E-state index contributed by atoms with van der Waals surface area (Å²) < 4.78 is 28.6. The van der Waals surface area contributed by atoms with E-state index >= 15 is 0 Å². The molecule has 6 heteroatoms. The Morgan fingerprint density at radius 3 is 2.56 bits per heavy atom. The van der Waals surface area contributed by atoms with Crippen LogP contribution in [0.3, 0.4) is 0 Å². The average molecular weight is 264 g/mol. The maximum atomic E-state index is 11.8. The van der Waals surface area contributed by atoms with Crippen molar-refractivity contribution < 1.29 is 12.8 Å². The molecule has 94 valence electrons. The van der Waals surface area contributed by atoms with Crippen LogP contribution in [0.15, 0.2) is 57.1 Å². The van der Waals surface area contributed by atoms with Gasteiger partial charge in [-0.1, -0.05) is 17.7 Å². The third kappa shape index (κ3) is 2.98. The molecule has 2 rings (SSSR count). The highest BCUT2D eigenvalue weighted by Gasteiger charge is 2.11. The number of rotatable bonds is 4. The Balaban J connectivity index is 2.10. The minimum Gasteiger partial charge on any atom is -0.463 e. The first-order valence-corrected chi connectivity index (χ1v) is 6.71. The molecule has 2 aromatic rings. The molecule has 0 aliphatic heterocycles. The molecule has 0 atom stereocenters. The van der Waals surface area contributed by atoms with Gasteiger partial charge in [0.25, 0.3) is 10.0 Å². The summed E-state index contributed by atoms with van der Waals surface area (Å²) >= 11 is 0. The van der Waals surface area contributed by atoms with Gasteiger partial charge in [-0.25, -0.2) is 0 Å². The van der Waals surface area contributed by atoms with Gasteiger partial charge in [-0.15, -0.1) is 0 Å². The second-order valence-electron chi connectivity index (χ2n) is 3.68. The van der Waals surface area contributed by atoms with E-state index in [1.165, 1.54) is 24.6 Å². The molecule has 0 saturated carbocycles. The first-order valence-electron chi connectivity index (χ1n) is 5.23. The van der Waals surface area contributed by atoms with Gasteiger partial charge in [0.1, 0.15) is 5.76 Å². The van der Waals surface area contributed by atoms with Gasteiger partial charge in [0.15, 0.2) is 0 Å². The van der Waals surface area contributed by atoms with E-state index in [0.29, 0.717) is 5.76 Å². The molecule has 0 saturated heterocycles. The van der Waals surface area contributed by atoms with E-state index in [9.17, 15) is 8.42 Å². The van der Waals surface area contributed by atoms with E-state index in [0.717, 1.165) is 5.56 Å². The number of nitrogens with one attached hydrogen (secondary N) is 1. The standard InChI is InChI=1S/C12H12N2O3S/c1-10-4-6-12(7-5-10)18(15,16)14-13-9-11-3-2-8-17-11/h2-9,14H,1H3/b13-9-. The first-order chi connectivity index (χ1) is 8.58. The maximum Gasteiger partial charge on any atom is 0.276 e. The van der Waals surface area contributed by atoms with Crippen LogP contribution in [0.25, 0.3) is 0 Å². The number of nitrogens with zero attached hydrogens (tertiary/aromatic N) is 1. The van der Waals surface area contributed by atoms with Crippen molar-refractivity contribution >= 4 is 16.2 Å². The maximum absolute atomic E-state index is 11.8. The van der Waals surface area contributed by atoms with E-state index in [2.05, 4.69) is 9.93 Å². The summed E-state index contributed by atoms with van der Waals surface area (Å²) in [7, 11) is -3.62. The summed E-state index contributed by atoms with van der Waals surface area (Å²) in [6, 6.07) is 9.87. The molecular weight excluding hydrogens is 252 g/mol. The van der Waals surface area contributed by atoms with Crippen LogP contribution < -0.4 is 4.83 Å². The molecule has 0 aliphatic carbocycles. The summed E-state index contributed by atoms with van der Waals surface area (Å²) in [5, 5.41) is 3.63. The van der Waals surface area contributed by atoms with Crippen molar-refractivity contribution in [3.63, 3.8) is 0 Å². The van der Waals surface area contributed by atoms with E-state index in [1.54, 1.807) is 24.3 Å². The molecular formula is C12H12N2O3S. The lowest BCUT2D eigenvalue weighted by Gasteiger charge is -2.02. The van der Waals surface area contributed by atoms with Crippen LogP contribution in [0.5, 0.6) is 0 Å². The molecule has 1 aromatic carbocycles. The van der Waals surface area contributed by atoms with Crippen LogP contribution in [0.2, 0.25) is 0 Å². The highest BCUT2D eigenvalue weighted by Crippen LogP contribution is 2.09. The van der Waals surface area contributed by atoms with Gasteiger partial charge in [0, 0.05) is 0 Å². The van der Waals surface area contributed by atoms with Gasteiger partial charge >= 0.3 is 0 Å². The number of hydrogen-bond acceptors (Lipinski definition) is 4. The van der Waals surface area contributed by atoms with Gasteiger partial charge in [0.2, 0.25) is 0 Å². The van der Waals surface area contributed by atoms with Gasteiger partial charge in [-0.2, -0.15) is 18.4 Å². The fourth-order valence-corrected chi connectivity index (χ4v) is 2.09. The zero-order valence-corrected chi connectivity index (χ0v) is 10.5. The number of benzene rings is 1. The first kappa shape index (κ1) is 12.4. The third-order valence-electron chi connectivity index (χ3n) is 2.24. The zero-order chi connectivity index (χ0) is 13.0. The summed E-state index contributed by atoms with van der Waals surface area (Å²) in [4.78, 5) is 2.29. The Morgan fingerprint density at radius 1 is 1.22 bits per heavy atom. The Bertz CT molecular complexity index is 628. The topological polar surface area (TPSA) is 71.7 Å². The third-order valence-corrected chi connectivity index (χ3v) is 3.48. The summed E-state index contributed by atoms with van der Waals surface area (Å²) in [6.45, 7) is 1.89. The zero-order valence-electron chi connectivity index (χ0n) is 9.70. The predicted octanol–water partition coefficient (Wildman–Crippen LogP) is 1.90. The molecule has 0 radical (unpaired) electrons. The molecule has 0 amide bonds. The van der Waals surface area contributed by atoms with Crippen molar-refractivity contribution in [3.8, 4) is 0 Å². The lowest BCUT2D eigenvalue weighted by molar-refractivity contribution is 0.559. The van der Waals surface area contributed by atoms with Gasteiger partial charge in [0.05, 0.1) is 17.4 Å². The SMILES string of the molecule is Cc1ccc(S(=O)(=O)N/N=C\c2ccco2)cc1. The van der Waals surface area contributed by atoms with Crippen molar-refractivity contribution in [3.05, 3.63) is 54.0 Å². The summed E-state index contributed by atoms with van der Waals surface area (Å²) in [6.07, 6.45) is 2.78. The quantitative estimate of drug-likeness (QED) is 0.677. The Hall–Kier alpha value is -2.08. The molecule has 0 bridgehead atoms. The molecule has 0 aliphatic rings. The molecule has 18 heavy (non-hydrogen) atoms. The van der Waals surface area contributed by atoms with Gasteiger partial charge < -0.3 is 4.42 Å². The number of hydrogen-bond donors (Lipinski definition) is 1. The van der Waals surface area contributed by atoms with Crippen LogP contribution >= 0.6 is 0 Å². The van der Waals surface area contributed by atoms with E-state index < -0.39 is 10.0 Å². The van der Waals surface area contributed by atoms with Crippen molar-refractivity contribution in [1.29, 1.82) is 0 Å². The van der Waals surface area contributed by atoms with Crippen molar-refractivity contribution in [2.75, 3.05) is 0 Å². The lowest BCUT2D eigenvalue weighted by Crippen LogP contribution is -2.18. The minimum absolute atomic E-state index is 0.171. The molecule has 1 heterocycles. The fraction of sp³-hybridized carbons (Fsp3) is 0.0833. The van der Waals surface area contributed by atoms with Crippen LogP contribution in [0.1, 0.15) is 11.3 Å². The number of hydrazone groups is 1. The van der Waals surface area contributed by atoms with Crippen molar-refractivity contribution in [2.45, 2.75) is 11.8 Å². The van der Waals surface area contributed by atoms with Gasteiger partial charge in [-0.3, -0.25) is 0 Å². The largest absolute Gasteiger partial charge is 0.463 e. The number of furan rings is 1. The second kappa shape index (κ2) is 5.05. The van der Waals surface area contributed by atoms with Crippen molar-refractivity contribution in [2.24, 2.45) is 5.10 Å². The van der Waals surface area contributed by atoms with Gasteiger partial charge in [-0.05, 0) is 31.2 Å². The Morgan fingerprint density at radius 2 is 1.94 bits per heavy atom. The molecule has 5 nitrogen and oxygen atoms in total. The van der Waals surface area contributed by atoms with Crippen molar-refractivity contribution in [1.82, 2.24) is 4.83 Å². The highest BCUT2D eigenvalue weighted by atomic mass is 32.2. The lowest BCUT2D eigenvalue weighted by atomic mass is 10.2. The normalized spacial score (nSPS) is 11.8. The Labute approximate surface area is 105 Å². The smallest absolute Gasteiger partial charge is 0.276 e. The summed E-state index contributed by atoms with van der Waals surface area (Å²) in [5.41, 5.74) is 0.994. The highest BCUT2D eigenvalue weighted by molar-refractivity contribution is 7.89. The van der Waals surface area contributed by atoms with Crippen LogP contribution in [-0.2, 0) is 10.0 Å². The van der Waals surface area contributed by atoms with Crippen LogP contribution in [0.4, 0.5) is 0 Å². The molecule has 0 fully saturated rings. The predicted molar refractivity (Wildman–Crippen MR) is 67.8 cm³/mol. The second-order valence-corrected chi connectivity index (χ2v) is 5.34. The molecule has 0 spiro atoms. The monoisotopic (exact) mass is 264 g/mol. The minimum atomic E-state index is -3.62. The summed E-state index contributed by atoms with van der Waals surface area (Å²) in [5.74, 6) is 0.474. The van der Waals surface area contributed by atoms with E-state index in [-0.39, 0.29) is 4.90 Å². The molecule has 1 aromatic heterocycles. The van der Waals surface area contributed by atoms with Crippen LogP contribution in [-0.4, -0.2) is 14.6 Å².